The molecule has 1 unspecified atom stereocenters. The SMILES string of the molecule is CC(CN)C(=O)c1cscc1Br. The van der Waals surface area contributed by atoms with E-state index < -0.39 is 0 Å². The summed E-state index contributed by atoms with van der Waals surface area (Å²) in [5.74, 6) is 0.0292. The predicted octanol–water partition coefficient (Wildman–Crippen LogP) is 2.29. The van der Waals surface area contributed by atoms with E-state index in [2.05, 4.69) is 15.9 Å². The normalized spacial score (nSPS) is 12.9. The first kappa shape index (κ1) is 9.89. The van der Waals surface area contributed by atoms with Crippen molar-refractivity contribution in [2.24, 2.45) is 11.7 Å². The van der Waals surface area contributed by atoms with Crippen LogP contribution >= 0.6 is 27.3 Å². The number of hydrogen-bond acceptors (Lipinski definition) is 3. The second kappa shape index (κ2) is 4.16. The Balaban J connectivity index is 2.85. The maximum atomic E-state index is 11.6. The third-order valence-corrected chi connectivity index (χ3v) is 3.38. The van der Waals surface area contributed by atoms with E-state index >= 15 is 0 Å². The van der Waals surface area contributed by atoms with Crippen molar-refractivity contribution in [3.05, 3.63) is 20.8 Å². The molecule has 0 spiro atoms. The third kappa shape index (κ3) is 1.94. The van der Waals surface area contributed by atoms with E-state index in [0.29, 0.717) is 6.54 Å². The van der Waals surface area contributed by atoms with Crippen molar-refractivity contribution in [3.8, 4) is 0 Å². The molecule has 1 heterocycles. The van der Waals surface area contributed by atoms with Crippen LogP contribution in [0.2, 0.25) is 0 Å². The van der Waals surface area contributed by atoms with Crippen molar-refractivity contribution in [2.45, 2.75) is 6.92 Å². The van der Waals surface area contributed by atoms with Crippen LogP contribution in [0.3, 0.4) is 0 Å². The van der Waals surface area contributed by atoms with E-state index in [1.807, 2.05) is 17.7 Å². The van der Waals surface area contributed by atoms with E-state index in [1.54, 1.807) is 0 Å². The fraction of sp³-hybridized carbons (Fsp3) is 0.375. The van der Waals surface area contributed by atoms with E-state index in [1.165, 1.54) is 11.3 Å². The summed E-state index contributed by atoms with van der Waals surface area (Å²) in [6, 6.07) is 0. The van der Waals surface area contributed by atoms with E-state index in [0.717, 1.165) is 10.0 Å². The van der Waals surface area contributed by atoms with Gasteiger partial charge in [-0.25, -0.2) is 0 Å². The summed E-state index contributed by atoms with van der Waals surface area (Å²) in [7, 11) is 0. The van der Waals surface area contributed by atoms with Crippen molar-refractivity contribution in [1.29, 1.82) is 0 Å². The maximum absolute atomic E-state index is 11.6. The van der Waals surface area contributed by atoms with Crippen LogP contribution in [-0.4, -0.2) is 12.3 Å². The van der Waals surface area contributed by atoms with Crippen molar-refractivity contribution >= 4 is 33.0 Å². The molecule has 1 rings (SSSR count). The zero-order chi connectivity index (χ0) is 9.14. The summed E-state index contributed by atoms with van der Waals surface area (Å²) < 4.78 is 0.873. The summed E-state index contributed by atoms with van der Waals surface area (Å²) in [6.45, 7) is 2.24. The number of Topliss-reactive ketones (excluding diaryl/α,β-unsaturated/α-hetero) is 1. The van der Waals surface area contributed by atoms with Crippen LogP contribution in [0.1, 0.15) is 17.3 Å². The highest BCUT2D eigenvalue weighted by molar-refractivity contribution is 9.10. The van der Waals surface area contributed by atoms with Gasteiger partial charge in [0.25, 0.3) is 0 Å². The van der Waals surface area contributed by atoms with Gasteiger partial charge in [-0.1, -0.05) is 6.92 Å². The summed E-state index contributed by atoms with van der Waals surface area (Å²) >= 11 is 4.83. The second-order valence-electron chi connectivity index (χ2n) is 2.63. The summed E-state index contributed by atoms with van der Waals surface area (Å²) in [6.07, 6.45) is 0. The monoisotopic (exact) mass is 247 g/mol. The molecule has 2 N–H and O–H groups in total. The van der Waals surface area contributed by atoms with E-state index in [4.69, 9.17) is 5.73 Å². The summed E-state index contributed by atoms with van der Waals surface area (Å²) in [5, 5.41) is 3.75. The fourth-order valence-electron chi connectivity index (χ4n) is 0.830. The number of thiophene rings is 1. The molecule has 1 aromatic heterocycles. The topological polar surface area (TPSA) is 43.1 Å². The van der Waals surface area contributed by atoms with Crippen LogP contribution in [0.5, 0.6) is 0 Å². The molecule has 0 radical (unpaired) electrons. The highest BCUT2D eigenvalue weighted by Crippen LogP contribution is 2.23. The van der Waals surface area contributed by atoms with Crippen LogP contribution in [0.4, 0.5) is 0 Å². The highest BCUT2D eigenvalue weighted by Gasteiger charge is 2.16. The minimum atomic E-state index is -0.0871. The lowest BCUT2D eigenvalue weighted by Crippen LogP contribution is -2.20. The molecule has 0 bridgehead atoms. The van der Waals surface area contributed by atoms with Gasteiger partial charge < -0.3 is 5.73 Å². The van der Waals surface area contributed by atoms with Crippen LogP contribution in [0, 0.1) is 5.92 Å². The minimum Gasteiger partial charge on any atom is -0.330 e. The van der Waals surface area contributed by atoms with Crippen LogP contribution in [0.25, 0.3) is 0 Å². The zero-order valence-corrected chi connectivity index (χ0v) is 9.11. The number of ketones is 1. The Labute approximate surface area is 83.9 Å². The number of carbonyl (C=O) groups excluding carboxylic acids is 1. The quantitative estimate of drug-likeness (QED) is 0.834. The van der Waals surface area contributed by atoms with Gasteiger partial charge in [-0.15, -0.1) is 0 Å². The van der Waals surface area contributed by atoms with Crippen LogP contribution in [-0.2, 0) is 0 Å². The first-order valence-electron chi connectivity index (χ1n) is 3.62. The van der Waals surface area contributed by atoms with Crippen molar-refractivity contribution < 1.29 is 4.79 Å². The molecule has 0 fully saturated rings. The van der Waals surface area contributed by atoms with Gasteiger partial charge in [-0.05, 0) is 15.9 Å². The maximum Gasteiger partial charge on any atom is 0.168 e. The van der Waals surface area contributed by atoms with Gasteiger partial charge >= 0.3 is 0 Å². The third-order valence-electron chi connectivity index (χ3n) is 1.68. The molecular formula is C8H10BrNOS. The average Bonchev–Trinajstić information content (AvgIpc) is 2.48. The molecule has 0 saturated heterocycles. The number of carbonyl (C=O) groups is 1. The molecule has 1 aromatic rings. The molecule has 2 nitrogen and oxygen atoms in total. The summed E-state index contributed by atoms with van der Waals surface area (Å²) in [5.41, 5.74) is 6.14. The van der Waals surface area contributed by atoms with Gasteiger partial charge in [0, 0.05) is 33.3 Å². The number of rotatable bonds is 3. The number of hydrogen-bond donors (Lipinski definition) is 1. The molecule has 66 valence electrons. The molecule has 0 amide bonds. The minimum absolute atomic E-state index is 0.0871. The Morgan fingerprint density at radius 2 is 2.42 bits per heavy atom. The molecule has 0 aliphatic heterocycles. The van der Waals surface area contributed by atoms with Gasteiger partial charge in [0.05, 0.1) is 0 Å². The first-order chi connectivity index (χ1) is 5.66. The lowest BCUT2D eigenvalue weighted by atomic mass is 10.0. The molecule has 12 heavy (non-hydrogen) atoms. The lowest BCUT2D eigenvalue weighted by Gasteiger charge is -2.05. The molecule has 0 aliphatic carbocycles. The highest BCUT2D eigenvalue weighted by atomic mass is 79.9. The van der Waals surface area contributed by atoms with Crippen molar-refractivity contribution in [2.75, 3.05) is 6.54 Å². The Hall–Kier alpha value is -0.190. The van der Waals surface area contributed by atoms with Crippen LogP contribution < -0.4 is 5.73 Å². The largest absolute Gasteiger partial charge is 0.330 e. The average molecular weight is 248 g/mol. The Bertz CT molecular complexity index is 284. The van der Waals surface area contributed by atoms with Gasteiger partial charge in [-0.3, -0.25) is 4.79 Å². The molecule has 0 saturated carbocycles. The number of nitrogens with two attached hydrogens (primary N) is 1. The molecular weight excluding hydrogens is 238 g/mol. The molecule has 1 atom stereocenters. The van der Waals surface area contributed by atoms with Gasteiger partial charge in [0.1, 0.15) is 0 Å². The van der Waals surface area contributed by atoms with E-state index in [9.17, 15) is 4.79 Å². The fourth-order valence-corrected chi connectivity index (χ4v) is 2.31. The van der Waals surface area contributed by atoms with Crippen LogP contribution in [0.15, 0.2) is 15.2 Å². The zero-order valence-electron chi connectivity index (χ0n) is 6.71. The first-order valence-corrected chi connectivity index (χ1v) is 5.36. The van der Waals surface area contributed by atoms with Gasteiger partial charge in [0.2, 0.25) is 0 Å². The van der Waals surface area contributed by atoms with Gasteiger partial charge in [-0.2, -0.15) is 11.3 Å². The second-order valence-corrected chi connectivity index (χ2v) is 4.23. The Morgan fingerprint density at radius 1 is 1.75 bits per heavy atom. The van der Waals surface area contributed by atoms with Crippen molar-refractivity contribution in [3.63, 3.8) is 0 Å². The number of halogens is 1. The van der Waals surface area contributed by atoms with Gasteiger partial charge in [0.15, 0.2) is 5.78 Å². The predicted molar refractivity (Wildman–Crippen MR) is 54.6 cm³/mol. The lowest BCUT2D eigenvalue weighted by molar-refractivity contribution is 0.0934. The van der Waals surface area contributed by atoms with Crippen molar-refractivity contribution in [1.82, 2.24) is 0 Å². The molecule has 0 aromatic carbocycles. The van der Waals surface area contributed by atoms with E-state index in [-0.39, 0.29) is 11.7 Å². The Kier molecular flexibility index (Phi) is 3.43. The summed E-state index contributed by atoms with van der Waals surface area (Å²) in [4.78, 5) is 11.6. The smallest absolute Gasteiger partial charge is 0.168 e. The Morgan fingerprint density at radius 3 is 2.83 bits per heavy atom. The molecule has 0 aliphatic rings. The standard InChI is InChI=1S/C8H10BrNOS/c1-5(2-10)8(11)6-3-12-4-7(6)9/h3-5H,2,10H2,1H3. The molecule has 4 heteroatoms.